The minimum absolute atomic E-state index is 0.107. The Kier molecular flexibility index (Phi) is 5.20. The molecule has 0 aromatic heterocycles. The highest BCUT2D eigenvalue weighted by Gasteiger charge is 2.10. The number of hydrogen-bond donors (Lipinski definition) is 2. The van der Waals surface area contributed by atoms with E-state index in [0.717, 1.165) is 15.7 Å². The normalized spacial score (nSPS) is 10.3. The molecule has 2 aromatic carbocycles. The first-order valence-electron chi connectivity index (χ1n) is 6.18. The van der Waals surface area contributed by atoms with Crippen LogP contribution in [0.4, 0.5) is 5.69 Å². The van der Waals surface area contributed by atoms with Crippen LogP contribution in [0.3, 0.4) is 0 Å². The lowest BCUT2D eigenvalue weighted by atomic mass is 10.2. The second kappa shape index (κ2) is 6.91. The first kappa shape index (κ1) is 15.8. The third-order valence-electron chi connectivity index (χ3n) is 2.94. The van der Waals surface area contributed by atoms with Crippen LogP contribution in [0.5, 0.6) is 17.2 Å². The van der Waals surface area contributed by atoms with Gasteiger partial charge >= 0.3 is 0 Å². The number of phenolic OH excluding ortho intramolecular Hbond substituents is 1. The molecule has 2 rings (SSSR count). The molecule has 0 aliphatic rings. The number of ether oxygens (including phenoxy) is 2. The highest BCUT2D eigenvalue weighted by atomic mass is 79.9. The van der Waals surface area contributed by atoms with Gasteiger partial charge in [-0.25, -0.2) is 0 Å². The van der Waals surface area contributed by atoms with E-state index in [2.05, 4.69) is 21.2 Å². The van der Waals surface area contributed by atoms with E-state index < -0.39 is 0 Å². The zero-order valence-electron chi connectivity index (χ0n) is 11.6. The number of rotatable bonds is 5. The number of aromatic hydroxyl groups is 1. The van der Waals surface area contributed by atoms with E-state index in [-0.39, 0.29) is 5.75 Å². The van der Waals surface area contributed by atoms with E-state index in [9.17, 15) is 5.11 Å². The van der Waals surface area contributed by atoms with Crippen LogP contribution in [0.2, 0.25) is 5.02 Å². The van der Waals surface area contributed by atoms with E-state index in [0.29, 0.717) is 23.1 Å². The van der Waals surface area contributed by atoms with Crippen LogP contribution in [-0.4, -0.2) is 19.3 Å². The summed E-state index contributed by atoms with van der Waals surface area (Å²) in [6.07, 6.45) is 0. The summed E-state index contributed by atoms with van der Waals surface area (Å²) in [7, 11) is 3.11. The minimum atomic E-state index is 0.107. The van der Waals surface area contributed by atoms with Crippen LogP contribution in [0.15, 0.2) is 34.8 Å². The van der Waals surface area contributed by atoms with E-state index in [4.69, 9.17) is 21.1 Å². The molecule has 0 amide bonds. The van der Waals surface area contributed by atoms with Crippen molar-refractivity contribution in [2.24, 2.45) is 0 Å². The molecule has 0 saturated heterocycles. The molecule has 0 spiro atoms. The average Bonchev–Trinajstić information content (AvgIpc) is 2.44. The van der Waals surface area contributed by atoms with Crippen molar-refractivity contribution in [3.63, 3.8) is 0 Å². The zero-order valence-corrected chi connectivity index (χ0v) is 14.0. The first-order chi connectivity index (χ1) is 10.0. The zero-order chi connectivity index (χ0) is 15.4. The Morgan fingerprint density at radius 2 is 1.95 bits per heavy atom. The number of phenols is 1. The number of nitrogens with one attached hydrogen (secondary N) is 1. The lowest BCUT2D eigenvalue weighted by Crippen LogP contribution is -2.02. The van der Waals surface area contributed by atoms with Crippen molar-refractivity contribution in [2.75, 3.05) is 19.5 Å². The van der Waals surface area contributed by atoms with E-state index in [1.54, 1.807) is 31.4 Å². The van der Waals surface area contributed by atoms with Gasteiger partial charge in [-0.2, -0.15) is 0 Å². The van der Waals surface area contributed by atoms with Crippen molar-refractivity contribution in [2.45, 2.75) is 6.54 Å². The molecule has 0 bridgehead atoms. The Balaban J connectivity index is 2.18. The van der Waals surface area contributed by atoms with Crippen LogP contribution < -0.4 is 14.8 Å². The summed E-state index contributed by atoms with van der Waals surface area (Å²) >= 11 is 9.45. The number of hydrogen-bond acceptors (Lipinski definition) is 4. The molecule has 0 saturated carbocycles. The Morgan fingerprint density at radius 1 is 1.19 bits per heavy atom. The maximum absolute atomic E-state index is 9.77. The van der Waals surface area contributed by atoms with Crippen molar-refractivity contribution in [3.8, 4) is 17.2 Å². The molecular formula is C15H15BrClNO3. The molecule has 2 aromatic rings. The highest BCUT2D eigenvalue weighted by Crippen LogP contribution is 2.36. The summed E-state index contributed by atoms with van der Waals surface area (Å²) in [5, 5.41) is 13.6. The van der Waals surface area contributed by atoms with Gasteiger partial charge in [-0.15, -0.1) is 0 Å². The Labute approximate surface area is 136 Å². The molecule has 21 heavy (non-hydrogen) atoms. The molecule has 0 radical (unpaired) electrons. The summed E-state index contributed by atoms with van der Waals surface area (Å²) in [5.74, 6) is 1.23. The summed E-state index contributed by atoms with van der Waals surface area (Å²) in [4.78, 5) is 0. The molecule has 0 unspecified atom stereocenters. The monoisotopic (exact) mass is 371 g/mol. The highest BCUT2D eigenvalue weighted by molar-refractivity contribution is 9.10. The van der Waals surface area contributed by atoms with Crippen molar-refractivity contribution >= 4 is 33.2 Å². The van der Waals surface area contributed by atoms with Crippen LogP contribution in [-0.2, 0) is 6.54 Å². The van der Waals surface area contributed by atoms with Crippen LogP contribution >= 0.6 is 27.5 Å². The molecule has 112 valence electrons. The first-order valence-corrected chi connectivity index (χ1v) is 7.35. The van der Waals surface area contributed by atoms with Gasteiger partial charge in [-0.1, -0.05) is 17.7 Å². The van der Waals surface area contributed by atoms with Crippen LogP contribution in [0, 0.1) is 0 Å². The fraction of sp³-hybridized carbons (Fsp3) is 0.200. The van der Waals surface area contributed by atoms with E-state index in [1.165, 1.54) is 7.11 Å². The third-order valence-corrected chi connectivity index (χ3v) is 3.75. The largest absolute Gasteiger partial charge is 0.504 e. The third kappa shape index (κ3) is 3.74. The average molecular weight is 373 g/mol. The second-order valence-corrected chi connectivity index (χ2v) is 5.62. The van der Waals surface area contributed by atoms with Gasteiger partial charge in [0.25, 0.3) is 0 Å². The van der Waals surface area contributed by atoms with Gasteiger partial charge in [0.05, 0.1) is 24.4 Å². The number of anilines is 1. The van der Waals surface area contributed by atoms with Crippen molar-refractivity contribution in [3.05, 3.63) is 45.4 Å². The maximum Gasteiger partial charge on any atom is 0.160 e. The Bertz CT molecular complexity index is 649. The molecule has 4 nitrogen and oxygen atoms in total. The molecule has 0 atom stereocenters. The summed E-state index contributed by atoms with van der Waals surface area (Å²) < 4.78 is 11.1. The van der Waals surface area contributed by atoms with Gasteiger partial charge in [0, 0.05) is 11.6 Å². The van der Waals surface area contributed by atoms with E-state index in [1.807, 2.05) is 6.07 Å². The van der Waals surface area contributed by atoms with Crippen molar-refractivity contribution < 1.29 is 14.6 Å². The fourth-order valence-electron chi connectivity index (χ4n) is 1.94. The van der Waals surface area contributed by atoms with Gasteiger partial charge in [-0.05, 0) is 45.8 Å². The maximum atomic E-state index is 9.77. The van der Waals surface area contributed by atoms with Gasteiger partial charge < -0.3 is 19.9 Å². The minimum Gasteiger partial charge on any atom is -0.504 e. The predicted octanol–water partition coefficient (Wildman–Crippen LogP) is 4.44. The number of methoxy groups -OCH3 is 2. The standard InChI is InChI=1S/C15H15BrClNO3/c1-20-14-4-3-9(5-13(14)19)8-18-12-7-10(17)6-11(16)15(12)21-2/h3-7,18-19H,8H2,1-2H3. The molecule has 2 N–H and O–H groups in total. The van der Waals surface area contributed by atoms with Gasteiger partial charge in [0.15, 0.2) is 17.2 Å². The molecular weight excluding hydrogens is 358 g/mol. The number of benzene rings is 2. The van der Waals surface area contributed by atoms with Crippen LogP contribution in [0.25, 0.3) is 0 Å². The summed E-state index contributed by atoms with van der Waals surface area (Å²) in [6, 6.07) is 8.80. The Hall–Kier alpha value is -1.59. The number of halogens is 2. The molecule has 0 fully saturated rings. The quantitative estimate of drug-likeness (QED) is 0.815. The van der Waals surface area contributed by atoms with Crippen molar-refractivity contribution in [1.29, 1.82) is 0 Å². The lowest BCUT2D eigenvalue weighted by molar-refractivity contribution is 0.373. The van der Waals surface area contributed by atoms with Crippen LogP contribution in [0.1, 0.15) is 5.56 Å². The van der Waals surface area contributed by atoms with Gasteiger partial charge in [0.2, 0.25) is 0 Å². The topological polar surface area (TPSA) is 50.7 Å². The second-order valence-electron chi connectivity index (χ2n) is 4.33. The predicted molar refractivity (Wildman–Crippen MR) is 87.7 cm³/mol. The smallest absolute Gasteiger partial charge is 0.160 e. The molecule has 0 heterocycles. The lowest BCUT2D eigenvalue weighted by Gasteiger charge is -2.14. The molecule has 0 aliphatic carbocycles. The van der Waals surface area contributed by atoms with Gasteiger partial charge in [-0.3, -0.25) is 0 Å². The Morgan fingerprint density at radius 3 is 2.57 bits per heavy atom. The van der Waals surface area contributed by atoms with Crippen molar-refractivity contribution in [1.82, 2.24) is 0 Å². The summed E-state index contributed by atoms with van der Waals surface area (Å²) in [6.45, 7) is 0.515. The SMILES string of the molecule is COc1ccc(CNc2cc(Cl)cc(Br)c2OC)cc1O. The molecule has 6 heteroatoms. The summed E-state index contributed by atoms with van der Waals surface area (Å²) in [5.41, 5.74) is 1.68. The fourth-order valence-corrected chi connectivity index (χ4v) is 2.91. The molecule has 0 aliphatic heterocycles. The van der Waals surface area contributed by atoms with E-state index >= 15 is 0 Å². The van der Waals surface area contributed by atoms with Gasteiger partial charge in [0.1, 0.15) is 0 Å².